The fourth-order valence-electron chi connectivity index (χ4n) is 2.89. The molecule has 1 atom stereocenters. The lowest BCUT2D eigenvalue weighted by Gasteiger charge is -2.22. The van der Waals surface area contributed by atoms with Crippen molar-refractivity contribution in [3.8, 4) is 5.75 Å². The molecule has 0 aliphatic heterocycles. The molecule has 0 spiro atoms. The van der Waals surface area contributed by atoms with Crippen molar-refractivity contribution in [2.24, 2.45) is 5.92 Å². The number of rotatable bonds is 6. The summed E-state index contributed by atoms with van der Waals surface area (Å²) >= 11 is 0. The van der Waals surface area contributed by atoms with E-state index in [1.54, 1.807) is 7.11 Å². The zero-order valence-corrected chi connectivity index (χ0v) is 13.1. The number of ether oxygens (including phenoxy) is 2. The summed E-state index contributed by atoms with van der Waals surface area (Å²) < 4.78 is 10.5. The first-order chi connectivity index (χ1) is 10.6. The van der Waals surface area contributed by atoms with Crippen LogP contribution >= 0.6 is 0 Å². The monoisotopic (exact) mass is 305 g/mol. The topological polar surface area (TPSA) is 64.6 Å². The third-order valence-electron chi connectivity index (χ3n) is 4.00. The van der Waals surface area contributed by atoms with Gasteiger partial charge in [0.1, 0.15) is 18.4 Å². The van der Waals surface area contributed by atoms with E-state index in [1.165, 1.54) is 6.92 Å². The maximum Gasteiger partial charge on any atom is 0.329 e. The SMILES string of the molecule is COc1cccc(COC(=O)C(NC(C)=O)C2CCCC2)c1. The lowest BCUT2D eigenvalue weighted by molar-refractivity contribution is -0.150. The van der Waals surface area contributed by atoms with Crippen LogP contribution in [0.1, 0.15) is 38.2 Å². The molecule has 2 rings (SSSR count). The Balaban J connectivity index is 1.96. The highest BCUT2D eigenvalue weighted by atomic mass is 16.5. The molecule has 1 unspecified atom stereocenters. The zero-order valence-electron chi connectivity index (χ0n) is 13.1. The minimum atomic E-state index is -0.536. The van der Waals surface area contributed by atoms with Crippen LogP contribution in [-0.2, 0) is 20.9 Å². The molecule has 1 aliphatic rings. The van der Waals surface area contributed by atoms with Gasteiger partial charge in [0, 0.05) is 6.92 Å². The summed E-state index contributed by atoms with van der Waals surface area (Å²) in [5.41, 5.74) is 0.862. The molecule has 5 nitrogen and oxygen atoms in total. The second-order valence-corrected chi connectivity index (χ2v) is 5.68. The molecule has 0 heterocycles. The van der Waals surface area contributed by atoms with Crippen LogP contribution in [0.2, 0.25) is 0 Å². The maximum atomic E-state index is 12.3. The number of carbonyl (C=O) groups is 2. The van der Waals surface area contributed by atoms with Crippen molar-refractivity contribution >= 4 is 11.9 Å². The van der Waals surface area contributed by atoms with E-state index in [1.807, 2.05) is 24.3 Å². The molecule has 1 aliphatic carbocycles. The molecule has 1 fully saturated rings. The predicted octanol–water partition coefficient (Wildman–Crippen LogP) is 2.43. The molecule has 1 aromatic carbocycles. The Kier molecular flexibility index (Phi) is 5.81. The highest BCUT2D eigenvalue weighted by molar-refractivity contribution is 5.83. The number of amides is 1. The van der Waals surface area contributed by atoms with E-state index in [2.05, 4.69) is 5.32 Å². The predicted molar refractivity (Wildman–Crippen MR) is 82.4 cm³/mol. The summed E-state index contributed by atoms with van der Waals surface area (Å²) in [7, 11) is 1.60. The maximum absolute atomic E-state index is 12.3. The summed E-state index contributed by atoms with van der Waals surface area (Å²) in [6, 6.07) is 6.86. The number of esters is 1. The van der Waals surface area contributed by atoms with Gasteiger partial charge in [0.05, 0.1) is 7.11 Å². The fourth-order valence-corrected chi connectivity index (χ4v) is 2.89. The van der Waals surface area contributed by atoms with Gasteiger partial charge in [-0.3, -0.25) is 4.79 Å². The lowest BCUT2D eigenvalue weighted by atomic mass is 9.98. The number of hydrogen-bond acceptors (Lipinski definition) is 4. The molecule has 0 radical (unpaired) electrons. The summed E-state index contributed by atoms with van der Waals surface area (Å²) in [5, 5.41) is 2.74. The van der Waals surface area contributed by atoms with E-state index in [9.17, 15) is 9.59 Å². The van der Waals surface area contributed by atoms with Gasteiger partial charge >= 0.3 is 5.97 Å². The number of hydrogen-bond donors (Lipinski definition) is 1. The Morgan fingerprint density at radius 2 is 2.05 bits per heavy atom. The van der Waals surface area contributed by atoms with E-state index >= 15 is 0 Å². The van der Waals surface area contributed by atoms with Crippen LogP contribution < -0.4 is 10.1 Å². The molecule has 0 saturated heterocycles. The zero-order chi connectivity index (χ0) is 15.9. The molecule has 1 saturated carbocycles. The summed E-state index contributed by atoms with van der Waals surface area (Å²) in [6.07, 6.45) is 4.12. The first-order valence-corrected chi connectivity index (χ1v) is 7.67. The fraction of sp³-hybridized carbons (Fsp3) is 0.529. The number of carbonyl (C=O) groups excluding carboxylic acids is 2. The smallest absolute Gasteiger partial charge is 0.329 e. The van der Waals surface area contributed by atoms with Crippen molar-refractivity contribution < 1.29 is 19.1 Å². The molecular weight excluding hydrogens is 282 g/mol. The van der Waals surface area contributed by atoms with Crippen LogP contribution in [0.25, 0.3) is 0 Å². The van der Waals surface area contributed by atoms with Crippen molar-refractivity contribution in [3.05, 3.63) is 29.8 Å². The highest BCUT2D eigenvalue weighted by Gasteiger charge is 2.32. The normalized spacial score (nSPS) is 16.1. The van der Waals surface area contributed by atoms with E-state index in [-0.39, 0.29) is 24.4 Å². The van der Waals surface area contributed by atoms with Gasteiger partial charge in [0.2, 0.25) is 5.91 Å². The van der Waals surface area contributed by atoms with E-state index < -0.39 is 6.04 Å². The molecule has 1 aromatic rings. The van der Waals surface area contributed by atoms with Gasteiger partial charge < -0.3 is 14.8 Å². The van der Waals surface area contributed by atoms with Gasteiger partial charge in [-0.1, -0.05) is 25.0 Å². The van der Waals surface area contributed by atoms with Gasteiger partial charge in [0.25, 0.3) is 0 Å². The Labute approximate surface area is 131 Å². The van der Waals surface area contributed by atoms with Gasteiger partial charge in [-0.15, -0.1) is 0 Å². The molecule has 1 amide bonds. The van der Waals surface area contributed by atoms with Crippen molar-refractivity contribution in [2.45, 2.75) is 45.3 Å². The Hall–Kier alpha value is -2.04. The Morgan fingerprint density at radius 1 is 1.32 bits per heavy atom. The van der Waals surface area contributed by atoms with Gasteiger partial charge in [-0.2, -0.15) is 0 Å². The van der Waals surface area contributed by atoms with Crippen LogP contribution in [0.3, 0.4) is 0 Å². The second-order valence-electron chi connectivity index (χ2n) is 5.68. The molecule has 120 valence electrons. The van der Waals surface area contributed by atoms with E-state index in [0.717, 1.165) is 37.0 Å². The largest absolute Gasteiger partial charge is 0.497 e. The standard InChI is InChI=1S/C17H23NO4/c1-12(19)18-16(14-7-3-4-8-14)17(20)22-11-13-6-5-9-15(10-13)21-2/h5-6,9-10,14,16H,3-4,7-8,11H2,1-2H3,(H,18,19). The minimum absolute atomic E-state index is 0.179. The second kappa shape index (κ2) is 7.82. The van der Waals surface area contributed by atoms with Gasteiger partial charge in [-0.05, 0) is 36.5 Å². The first-order valence-electron chi connectivity index (χ1n) is 7.67. The quantitative estimate of drug-likeness (QED) is 0.820. The Bertz CT molecular complexity index is 523. The third-order valence-corrected chi connectivity index (χ3v) is 4.00. The van der Waals surface area contributed by atoms with Crippen molar-refractivity contribution in [1.29, 1.82) is 0 Å². The van der Waals surface area contributed by atoms with E-state index in [0.29, 0.717) is 0 Å². The average Bonchev–Trinajstić information content (AvgIpc) is 3.04. The average molecular weight is 305 g/mol. The third kappa shape index (κ3) is 4.48. The summed E-state index contributed by atoms with van der Waals surface area (Å²) in [6.45, 7) is 1.61. The molecule has 0 aromatic heterocycles. The highest BCUT2D eigenvalue weighted by Crippen LogP contribution is 2.28. The number of methoxy groups -OCH3 is 1. The lowest BCUT2D eigenvalue weighted by Crippen LogP contribution is -2.45. The van der Waals surface area contributed by atoms with Crippen LogP contribution in [0.5, 0.6) is 5.75 Å². The summed E-state index contributed by atoms with van der Waals surface area (Å²) in [4.78, 5) is 23.7. The van der Waals surface area contributed by atoms with Crippen LogP contribution in [0.15, 0.2) is 24.3 Å². The number of nitrogens with one attached hydrogen (secondary N) is 1. The molecule has 5 heteroatoms. The molecule has 22 heavy (non-hydrogen) atoms. The van der Waals surface area contributed by atoms with Crippen LogP contribution in [0, 0.1) is 5.92 Å². The molecular formula is C17H23NO4. The number of benzene rings is 1. The van der Waals surface area contributed by atoms with Crippen molar-refractivity contribution in [3.63, 3.8) is 0 Å². The van der Waals surface area contributed by atoms with Gasteiger partial charge in [0.15, 0.2) is 0 Å². The first kappa shape index (κ1) is 16.3. The van der Waals surface area contributed by atoms with Crippen molar-refractivity contribution in [2.75, 3.05) is 7.11 Å². The van der Waals surface area contributed by atoms with E-state index in [4.69, 9.17) is 9.47 Å². The van der Waals surface area contributed by atoms with Crippen LogP contribution in [-0.4, -0.2) is 25.0 Å². The minimum Gasteiger partial charge on any atom is -0.497 e. The summed E-state index contributed by atoms with van der Waals surface area (Å²) in [5.74, 6) is 0.351. The van der Waals surface area contributed by atoms with Crippen molar-refractivity contribution in [1.82, 2.24) is 5.32 Å². The van der Waals surface area contributed by atoms with Crippen LogP contribution in [0.4, 0.5) is 0 Å². The van der Waals surface area contributed by atoms with Gasteiger partial charge in [-0.25, -0.2) is 4.79 Å². The Morgan fingerprint density at radius 3 is 2.68 bits per heavy atom. The molecule has 1 N–H and O–H groups in total. The molecule has 0 bridgehead atoms.